The maximum absolute atomic E-state index is 5.46. The van der Waals surface area contributed by atoms with Crippen molar-refractivity contribution >= 4 is 0 Å². The van der Waals surface area contributed by atoms with Crippen LogP contribution >= 0.6 is 0 Å². The predicted octanol–water partition coefficient (Wildman–Crippen LogP) is 5.72. The zero-order chi connectivity index (χ0) is 14.6. The average molecular weight is 386 g/mol. The van der Waals surface area contributed by atoms with Crippen molar-refractivity contribution in [3.8, 4) is 11.5 Å². The summed E-state index contributed by atoms with van der Waals surface area (Å²) in [6.07, 6.45) is 0. The molecule has 0 atom stereocenters. The predicted molar refractivity (Wildman–Crippen MR) is 88.2 cm³/mol. The van der Waals surface area contributed by atoms with Crippen LogP contribution in [0.25, 0.3) is 0 Å². The molecule has 0 N–H and O–H groups in total. The van der Waals surface area contributed by atoms with E-state index in [9.17, 15) is 0 Å². The average Bonchev–Trinajstić information content (AvgIpc) is 3.30. The Kier molecular flexibility index (Phi) is 12.8. The third kappa shape index (κ3) is 9.78. The van der Waals surface area contributed by atoms with E-state index >= 15 is 0 Å². The van der Waals surface area contributed by atoms with Crippen LogP contribution < -0.4 is 4.74 Å². The maximum atomic E-state index is 5.46. The van der Waals surface area contributed by atoms with Crippen LogP contribution in [0.15, 0.2) is 109 Å². The van der Waals surface area contributed by atoms with Crippen LogP contribution in [0.4, 0.5) is 0 Å². The van der Waals surface area contributed by atoms with Crippen LogP contribution in [0.1, 0.15) is 0 Å². The fourth-order valence-electron chi connectivity index (χ4n) is 1.63. The van der Waals surface area contributed by atoms with Gasteiger partial charge in [0.2, 0.25) is 0 Å². The number of hydrogen-bond acceptors (Lipinski definition) is 1. The first-order valence-electron chi connectivity index (χ1n) is 6.90. The van der Waals surface area contributed by atoms with E-state index in [1.54, 1.807) is 0 Å². The Morgan fingerprint density at radius 1 is 0.522 bits per heavy atom. The molecule has 0 fully saturated rings. The van der Waals surface area contributed by atoms with Crippen LogP contribution in [0, 0.1) is 0 Å². The minimum Gasteiger partial charge on any atom is -0.748 e. The van der Waals surface area contributed by atoms with Crippen molar-refractivity contribution in [3.05, 3.63) is 109 Å². The summed E-state index contributed by atoms with van der Waals surface area (Å²) in [6.45, 7) is 0. The molecule has 1 nitrogen and oxygen atoms in total. The molecule has 4 aromatic rings. The molecule has 0 saturated carbocycles. The standard InChI is InChI=1S/C10H8O.2C5H5.2Fe/c1-2-6-9(5-1)11-10-7-3-4-8-10;2*1-2-4-5-3-1;;/h1-8H;2*1-5H;;/q-2;-5;-1;;. The summed E-state index contributed by atoms with van der Waals surface area (Å²) >= 11 is 0. The monoisotopic (exact) mass is 386 g/mol. The Labute approximate surface area is 159 Å². The van der Waals surface area contributed by atoms with Gasteiger partial charge in [-0.2, -0.15) is 18.2 Å². The molecule has 23 heavy (non-hydrogen) atoms. The fraction of sp³-hybridized carbons (Fsp3) is 0. The first-order chi connectivity index (χ1) is 10.4. The Balaban J connectivity index is 0.000000342. The van der Waals surface area contributed by atoms with Gasteiger partial charge in [-0.3, -0.25) is 12.1 Å². The molecule has 4 aromatic carbocycles. The molecule has 0 saturated heterocycles. The second kappa shape index (κ2) is 13.9. The van der Waals surface area contributed by atoms with Crippen molar-refractivity contribution in [3.63, 3.8) is 0 Å². The molecule has 0 bridgehead atoms. The van der Waals surface area contributed by atoms with Crippen molar-refractivity contribution in [1.82, 2.24) is 0 Å². The largest absolute Gasteiger partial charge is 0.748 e. The van der Waals surface area contributed by atoms with Crippen LogP contribution in [0.2, 0.25) is 0 Å². The maximum Gasteiger partial charge on any atom is 0 e. The molecule has 0 spiro atoms. The van der Waals surface area contributed by atoms with Gasteiger partial charge in [0, 0.05) is 34.1 Å². The number of hydrogen-bond donors (Lipinski definition) is 0. The van der Waals surface area contributed by atoms with Crippen LogP contribution in [-0.4, -0.2) is 0 Å². The Hall–Kier alpha value is -1.76. The van der Waals surface area contributed by atoms with Gasteiger partial charge >= 0.3 is 0 Å². The molecule has 0 radical (unpaired) electrons. The van der Waals surface area contributed by atoms with E-state index in [1.165, 1.54) is 0 Å². The summed E-state index contributed by atoms with van der Waals surface area (Å²) in [5, 5.41) is 0. The van der Waals surface area contributed by atoms with E-state index in [1.807, 2.05) is 109 Å². The third-order valence-electron chi connectivity index (χ3n) is 2.61. The van der Waals surface area contributed by atoms with Crippen LogP contribution in [0.5, 0.6) is 11.5 Å². The van der Waals surface area contributed by atoms with Gasteiger partial charge in [0.05, 0.1) is 0 Å². The molecule has 3 heteroatoms. The van der Waals surface area contributed by atoms with E-state index in [0.29, 0.717) is 0 Å². The van der Waals surface area contributed by atoms with E-state index in [-0.39, 0.29) is 34.1 Å². The number of ether oxygens (including phenoxy) is 1. The normalized spacial score (nSPS) is 8.17. The van der Waals surface area contributed by atoms with Crippen molar-refractivity contribution in [1.29, 1.82) is 0 Å². The summed E-state index contributed by atoms with van der Waals surface area (Å²) in [4.78, 5) is 0. The van der Waals surface area contributed by atoms with E-state index in [4.69, 9.17) is 4.74 Å². The molecule has 4 rings (SSSR count). The quantitative estimate of drug-likeness (QED) is 0.316. The van der Waals surface area contributed by atoms with Crippen molar-refractivity contribution in [2.45, 2.75) is 0 Å². The first kappa shape index (κ1) is 21.2. The SMILES string of the molecule is [Fe].[Fe].[cH-]1[cH-][cH-][cH-][cH-]1.c1cc[c-](O[c-]2cccc2)c1.c1cc[cH-]c1. The molecule has 0 aliphatic heterocycles. The number of rotatable bonds is 2. The molecule has 0 heterocycles. The van der Waals surface area contributed by atoms with Crippen molar-refractivity contribution < 1.29 is 38.9 Å². The molecule has 0 aromatic heterocycles. The Morgan fingerprint density at radius 2 is 0.870 bits per heavy atom. The zero-order valence-electron chi connectivity index (χ0n) is 12.5. The van der Waals surface area contributed by atoms with Gasteiger partial charge in [-0.05, 0) is 5.75 Å². The zero-order valence-corrected chi connectivity index (χ0v) is 14.7. The van der Waals surface area contributed by atoms with E-state index in [0.717, 1.165) is 11.5 Å². The van der Waals surface area contributed by atoms with Gasteiger partial charge in [0.25, 0.3) is 0 Å². The molecular formula is C20H18Fe2O-8. The van der Waals surface area contributed by atoms with E-state index in [2.05, 4.69) is 0 Å². The van der Waals surface area contributed by atoms with Gasteiger partial charge < -0.3 is 35.1 Å². The molecule has 0 unspecified atom stereocenters. The van der Waals surface area contributed by atoms with Crippen molar-refractivity contribution in [2.24, 2.45) is 0 Å². The van der Waals surface area contributed by atoms with Gasteiger partial charge in [-0.25, -0.2) is 24.3 Å². The van der Waals surface area contributed by atoms with Crippen LogP contribution in [-0.2, 0) is 34.1 Å². The Bertz CT molecular complexity index is 525. The second-order valence-corrected chi connectivity index (χ2v) is 4.27. The molecule has 128 valence electrons. The van der Waals surface area contributed by atoms with Gasteiger partial charge in [-0.15, -0.1) is 12.1 Å². The topological polar surface area (TPSA) is 9.23 Å². The summed E-state index contributed by atoms with van der Waals surface area (Å²) in [7, 11) is 0. The van der Waals surface area contributed by atoms with Crippen molar-refractivity contribution in [2.75, 3.05) is 0 Å². The minimum absolute atomic E-state index is 0. The summed E-state index contributed by atoms with van der Waals surface area (Å²) < 4.78 is 5.46. The molecule has 0 aliphatic carbocycles. The summed E-state index contributed by atoms with van der Waals surface area (Å²) in [5.41, 5.74) is 0. The minimum atomic E-state index is 0. The first-order valence-corrected chi connectivity index (χ1v) is 6.90. The fourth-order valence-corrected chi connectivity index (χ4v) is 1.63. The molecular weight excluding hydrogens is 368 g/mol. The van der Waals surface area contributed by atoms with Gasteiger partial charge in [-0.1, -0.05) is 17.9 Å². The molecule has 0 amide bonds. The molecule has 0 aliphatic rings. The smallest absolute Gasteiger partial charge is 0 e. The summed E-state index contributed by atoms with van der Waals surface area (Å²) in [5.74, 6) is 1.80. The summed E-state index contributed by atoms with van der Waals surface area (Å²) in [6, 6.07) is 35.6. The second-order valence-electron chi connectivity index (χ2n) is 4.27. The van der Waals surface area contributed by atoms with Gasteiger partial charge in [0.1, 0.15) is 0 Å². The van der Waals surface area contributed by atoms with Crippen LogP contribution in [0.3, 0.4) is 0 Å². The van der Waals surface area contributed by atoms with E-state index < -0.39 is 0 Å². The third-order valence-corrected chi connectivity index (χ3v) is 2.61. The Morgan fingerprint density at radius 3 is 1.13 bits per heavy atom. The van der Waals surface area contributed by atoms with Gasteiger partial charge in [0.15, 0.2) is 0 Å².